The first-order valence-electron chi connectivity index (χ1n) is 6.26. The van der Waals surface area contributed by atoms with Crippen LogP contribution < -0.4 is 5.32 Å². The Hall–Kier alpha value is -1.42. The molecule has 3 nitrogen and oxygen atoms in total. The first-order valence-corrected chi connectivity index (χ1v) is 6.26. The zero-order valence-electron chi connectivity index (χ0n) is 11.1. The fraction of sp³-hybridized carbons (Fsp3) is 0.500. The molecule has 2 atom stereocenters. The van der Waals surface area contributed by atoms with Crippen LogP contribution in [0.3, 0.4) is 0 Å². The molecule has 0 aliphatic heterocycles. The van der Waals surface area contributed by atoms with Gasteiger partial charge >= 0.3 is 5.97 Å². The minimum absolute atomic E-state index is 0.102. The molecule has 0 amide bonds. The summed E-state index contributed by atoms with van der Waals surface area (Å²) in [6.45, 7) is 5.95. The van der Waals surface area contributed by atoms with Gasteiger partial charge in [-0.1, -0.05) is 19.1 Å². The lowest BCUT2D eigenvalue weighted by Crippen LogP contribution is -2.39. The van der Waals surface area contributed by atoms with E-state index in [1.807, 2.05) is 19.9 Å². The van der Waals surface area contributed by atoms with Gasteiger partial charge in [-0.25, -0.2) is 4.39 Å². The summed E-state index contributed by atoms with van der Waals surface area (Å²) in [7, 11) is 0. The molecule has 0 saturated carbocycles. The van der Waals surface area contributed by atoms with Crippen molar-refractivity contribution >= 4 is 5.97 Å². The summed E-state index contributed by atoms with van der Waals surface area (Å²) in [5.74, 6) is -0.534. The smallest absolute Gasteiger partial charge is 0.323 e. The maximum atomic E-state index is 13.1. The monoisotopic (exact) mass is 253 g/mol. The zero-order chi connectivity index (χ0) is 13.5. The van der Waals surface area contributed by atoms with E-state index in [0.717, 1.165) is 5.56 Å². The number of benzene rings is 1. The summed E-state index contributed by atoms with van der Waals surface area (Å²) < 4.78 is 18.1. The molecule has 0 radical (unpaired) electrons. The molecule has 0 saturated heterocycles. The number of carbonyl (C=O) groups excluding carboxylic acids is 1. The van der Waals surface area contributed by atoms with Crippen LogP contribution in [-0.4, -0.2) is 18.6 Å². The minimum atomic E-state index is -0.358. The van der Waals surface area contributed by atoms with Gasteiger partial charge in [-0.15, -0.1) is 0 Å². The summed E-state index contributed by atoms with van der Waals surface area (Å²) in [5, 5.41) is 3.15. The van der Waals surface area contributed by atoms with Gasteiger partial charge in [-0.2, -0.15) is 0 Å². The van der Waals surface area contributed by atoms with Crippen molar-refractivity contribution in [3.05, 3.63) is 35.6 Å². The molecule has 1 aromatic carbocycles. The summed E-state index contributed by atoms with van der Waals surface area (Å²) in [5.41, 5.74) is 0.817. The Labute approximate surface area is 107 Å². The van der Waals surface area contributed by atoms with Crippen LogP contribution in [0.15, 0.2) is 24.3 Å². The molecule has 1 unspecified atom stereocenters. The molecular formula is C14H20FNO2. The van der Waals surface area contributed by atoms with E-state index in [-0.39, 0.29) is 23.9 Å². The lowest BCUT2D eigenvalue weighted by Gasteiger charge is -2.21. The molecule has 1 rings (SSSR count). The fourth-order valence-electron chi connectivity index (χ4n) is 1.77. The number of halogens is 1. The highest BCUT2D eigenvalue weighted by atomic mass is 19.1. The van der Waals surface area contributed by atoms with E-state index >= 15 is 0 Å². The Morgan fingerprint density at radius 2 is 2.17 bits per heavy atom. The third-order valence-corrected chi connectivity index (χ3v) is 2.78. The molecule has 4 heteroatoms. The van der Waals surface area contributed by atoms with Gasteiger partial charge in [0.25, 0.3) is 0 Å². The Morgan fingerprint density at radius 3 is 2.72 bits per heavy atom. The summed E-state index contributed by atoms with van der Waals surface area (Å²) in [6.07, 6.45) is 0.637. The number of esters is 1. The van der Waals surface area contributed by atoms with Crippen molar-refractivity contribution in [1.82, 2.24) is 5.32 Å². The van der Waals surface area contributed by atoms with E-state index in [9.17, 15) is 9.18 Å². The molecule has 1 aromatic rings. The maximum Gasteiger partial charge on any atom is 0.323 e. The Morgan fingerprint density at radius 1 is 1.44 bits per heavy atom. The number of hydrogen-bond donors (Lipinski definition) is 1. The summed E-state index contributed by atoms with van der Waals surface area (Å²) >= 11 is 0. The first-order chi connectivity index (χ1) is 8.58. The SMILES string of the molecule is CCOC(=O)C(CC)N[C@H](C)c1cccc(F)c1. The first kappa shape index (κ1) is 14.6. The van der Waals surface area contributed by atoms with Crippen molar-refractivity contribution < 1.29 is 13.9 Å². The Bertz CT molecular complexity index is 395. The molecule has 100 valence electrons. The highest BCUT2D eigenvalue weighted by Crippen LogP contribution is 2.15. The Balaban J connectivity index is 2.67. The molecular weight excluding hydrogens is 233 g/mol. The van der Waals surface area contributed by atoms with E-state index in [0.29, 0.717) is 13.0 Å². The second-order valence-electron chi connectivity index (χ2n) is 4.16. The fourth-order valence-corrected chi connectivity index (χ4v) is 1.77. The van der Waals surface area contributed by atoms with Crippen LogP contribution in [0, 0.1) is 5.82 Å². The molecule has 0 fully saturated rings. The molecule has 0 aliphatic rings. The second-order valence-corrected chi connectivity index (χ2v) is 4.16. The molecule has 0 spiro atoms. The van der Waals surface area contributed by atoms with Crippen molar-refractivity contribution in [1.29, 1.82) is 0 Å². The molecule has 18 heavy (non-hydrogen) atoms. The molecule has 1 N–H and O–H groups in total. The molecule has 0 heterocycles. The van der Waals surface area contributed by atoms with Gasteiger partial charge in [0, 0.05) is 6.04 Å². The van der Waals surface area contributed by atoms with Gasteiger partial charge in [-0.3, -0.25) is 10.1 Å². The zero-order valence-corrected chi connectivity index (χ0v) is 11.1. The van der Waals surface area contributed by atoms with Crippen molar-refractivity contribution in [2.45, 2.75) is 39.3 Å². The van der Waals surface area contributed by atoms with E-state index in [4.69, 9.17) is 4.74 Å². The van der Waals surface area contributed by atoms with Crippen molar-refractivity contribution in [2.24, 2.45) is 0 Å². The van der Waals surface area contributed by atoms with Crippen molar-refractivity contribution in [2.75, 3.05) is 6.61 Å². The second kappa shape index (κ2) is 7.11. The van der Waals surface area contributed by atoms with Crippen LogP contribution in [0.1, 0.15) is 38.8 Å². The third-order valence-electron chi connectivity index (χ3n) is 2.78. The topological polar surface area (TPSA) is 38.3 Å². The van der Waals surface area contributed by atoms with Gasteiger partial charge in [0.1, 0.15) is 11.9 Å². The van der Waals surface area contributed by atoms with Gasteiger partial charge in [0.05, 0.1) is 6.61 Å². The van der Waals surface area contributed by atoms with Crippen LogP contribution in [-0.2, 0) is 9.53 Å². The number of carbonyl (C=O) groups is 1. The predicted molar refractivity (Wildman–Crippen MR) is 68.7 cm³/mol. The highest BCUT2D eigenvalue weighted by Gasteiger charge is 2.20. The van der Waals surface area contributed by atoms with Gasteiger partial charge in [0.2, 0.25) is 0 Å². The van der Waals surface area contributed by atoms with Gasteiger partial charge < -0.3 is 4.74 Å². The molecule has 0 aliphatic carbocycles. The van der Waals surface area contributed by atoms with Crippen LogP contribution in [0.25, 0.3) is 0 Å². The number of rotatable bonds is 6. The molecule has 0 aromatic heterocycles. The minimum Gasteiger partial charge on any atom is -0.465 e. The largest absolute Gasteiger partial charge is 0.465 e. The summed E-state index contributed by atoms with van der Waals surface area (Å²) in [6, 6.07) is 5.90. The lowest BCUT2D eigenvalue weighted by molar-refractivity contribution is -0.145. The van der Waals surface area contributed by atoms with Gasteiger partial charge in [0.15, 0.2) is 0 Å². The van der Waals surface area contributed by atoms with Crippen LogP contribution in [0.5, 0.6) is 0 Å². The van der Waals surface area contributed by atoms with Gasteiger partial charge in [-0.05, 0) is 38.0 Å². The van der Waals surface area contributed by atoms with Crippen molar-refractivity contribution in [3.63, 3.8) is 0 Å². The van der Waals surface area contributed by atoms with E-state index in [2.05, 4.69) is 5.32 Å². The molecule has 0 bridgehead atoms. The summed E-state index contributed by atoms with van der Waals surface area (Å²) in [4.78, 5) is 11.6. The average Bonchev–Trinajstić information content (AvgIpc) is 2.35. The quantitative estimate of drug-likeness (QED) is 0.792. The van der Waals surface area contributed by atoms with Crippen LogP contribution in [0.4, 0.5) is 4.39 Å². The van der Waals surface area contributed by atoms with E-state index in [1.165, 1.54) is 12.1 Å². The van der Waals surface area contributed by atoms with E-state index in [1.54, 1.807) is 13.0 Å². The normalized spacial score (nSPS) is 14.0. The van der Waals surface area contributed by atoms with Crippen molar-refractivity contribution in [3.8, 4) is 0 Å². The Kier molecular flexibility index (Phi) is 5.78. The van der Waals surface area contributed by atoms with Crippen LogP contribution >= 0.6 is 0 Å². The van der Waals surface area contributed by atoms with E-state index < -0.39 is 0 Å². The van der Waals surface area contributed by atoms with Crippen LogP contribution in [0.2, 0.25) is 0 Å². The highest BCUT2D eigenvalue weighted by molar-refractivity contribution is 5.75. The number of ether oxygens (including phenoxy) is 1. The number of hydrogen-bond acceptors (Lipinski definition) is 3. The number of nitrogens with one attached hydrogen (secondary N) is 1. The predicted octanol–water partition coefficient (Wildman–Crippen LogP) is 2.82. The standard InChI is InChI=1S/C14H20FNO2/c1-4-13(14(17)18-5-2)16-10(3)11-7-6-8-12(15)9-11/h6-10,13,16H,4-5H2,1-3H3/t10-,13?/m1/s1. The lowest BCUT2D eigenvalue weighted by atomic mass is 10.1. The maximum absolute atomic E-state index is 13.1. The average molecular weight is 253 g/mol. The third kappa shape index (κ3) is 4.11.